The summed E-state index contributed by atoms with van der Waals surface area (Å²) in [6.45, 7) is 32.6. The predicted octanol–water partition coefficient (Wildman–Crippen LogP) is 10.5. The minimum absolute atomic E-state index is 0.0438. The van der Waals surface area contributed by atoms with Crippen molar-refractivity contribution >= 4 is 11.9 Å². The molecule has 0 spiro atoms. The van der Waals surface area contributed by atoms with Crippen molar-refractivity contribution < 1.29 is 19.0 Å². The van der Waals surface area contributed by atoms with Crippen molar-refractivity contribution in [2.75, 3.05) is 33.9 Å². The Kier molecular flexibility index (Phi) is 35.8. The van der Waals surface area contributed by atoms with Crippen molar-refractivity contribution in [1.29, 1.82) is 0 Å². The number of carbonyl (C=O) groups excluding carboxylic acids is 1. The van der Waals surface area contributed by atoms with Crippen molar-refractivity contribution in [3.63, 3.8) is 0 Å². The first-order chi connectivity index (χ1) is 24.2. The van der Waals surface area contributed by atoms with Gasteiger partial charge in [-0.1, -0.05) is 96.4 Å². The molecular weight excluding hydrogens is 624 g/mol. The third-order valence-electron chi connectivity index (χ3n) is 6.55. The number of nitrogens with zero attached hydrogens (tertiary/aromatic N) is 3. The number of nitrogens with one attached hydrogen (secondary N) is 1. The van der Waals surface area contributed by atoms with Gasteiger partial charge in [0.05, 0.1) is 32.2 Å². The maximum Gasteiger partial charge on any atom is 0.321 e. The maximum atomic E-state index is 12.8. The Morgan fingerprint density at radius 1 is 1.02 bits per heavy atom. The molecule has 1 N–H and O–H groups in total. The summed E-state index contributed by atoms with van der Waals surface area (Å²) in [4.78, 5) is 14.4. The second kappa shape index (κ2) is 35.8. The van der Waals surface area contributed by atoms with E-state index in [1.54, 1.807) is 37.3 Å². The van der Waals surface area contributed by atoms with Gasteiger partial charge in [0.25, 0.3) is 0 Å². The summed E-state index contributed by atoms with van der Waals surface area (Å²) >= 11 is 0. The molecule has 0 aromatic heterocycles. The molecule has 1 atom stereocenters. The van der Waals surface area contributed by atoms with Gasteiger partial charge in [0.1, 0.15) is 5.76 Å². The zero-order valence-electron chi connectivity index (χ0n) is 33.2. The Balaban J connectivity index is -0.00000124. The van der Waals surface area contributed by atoms with Crippen molar-refractivity contribution in [3.8, 4) is 0 Å². The molecule has 0 bridgehead atoms. The molecule has 0 saturated carbocycles. The first-order valence-corrected chi connectivity index (χ1v) is 17.9. The van der Waals surface area contributed by atoms with Crippen molar-refractivity contribution in [2.45, 2.75) is 100.0 Å². The number of carbonyl (C=O) groups is 1. The third-order valence-corrected chi connectivity index (χ3v) is 6.55. The van der Waals surface area contributed by atoms with Crippen LogP contribution in [0.5, 0.6) is 0 Å². The van der Waals surface area contributed by atoms with Crippen LogP contribution in [0.4, 0.5) is 0 Å². The van der Waals surface area contributed by atoms with Crippen LogP contribution >= 0.6 is 0 Å². The molecule has 1 amide bonds. The standard InChI is InChI=1S/C28H40N4O3.C5H10O.C5H8.2C2H6/c1-6-13-25(34-5)14-12-17-29-23(4)15-16-24(8-3)21-26-22-27(33)32(18-7-2)28(35-26)30-31-19-10-9-11-20-31;1-4-5(2)6-3;1-3-5-4-2;2*1-2/h6-8,12,14-17,21,23,29H,1-2,9-11,13,18-20,22H2,3-5H3;2,4H2,1,3H3;3-5H,1H2,2H3;2*1-2H3/b16-15-,17-12+,24-8+,25-14+,26-21+,30-28?;;5-4-;;. The number of amides is 1. The Bertz CT molecular complexity index is 1150. The molecule has 0 radical (unpaired) electrons. The molecule has 0 aliphatic carbocycles. The summed E-state index contributed by atoms with van der Waals surface area (Å²) in [6, 6.07) is 0.431. The fourth-order valence-corrected chi connectivity index (χ4v) is 3.85. The molecule has 50 heavy (non-hydrogen) atoms. The lowest BCUT2D eigenvalue weighted by molar-refractivity contribution is -0.129. The number of hydrogen-bond acceptors (Lipinski definition) is 7. The number of hydrazone groups is 1. The lowest BCUT2D eigenvalue weighted by Crippen LogP contribution is -2.44. The molecule has 2 fully saturated rings. The van der Waals surface area contributed by atoms with Gasteiger partial charge in [0.15, 0.2) is 0 Å². The lowest BCUT2D eigenvalue weighted by Gasteiger charge is -2.31. The molecule has 0 aromatic rings. The highest BCUT2D eigenvalue weighted by Crippen LogP contribution is 2.21. The van der Waals surface area contributed by atoms with Crippen LogP contribution in [0.1, 0.15) is 93.9 Å². The molecule has 8 heteroatoms. The van der Waals surface area contributed by atoms with Gasteiger partial charge in [-0.2, -0.15) is 0 Å². The van der Waals surface area contributed by atoms with Crippen LogP contribution in [0.3, 0.4) is 0 Å². The topological polar surface area (TPSA) is 75.6 Å². The fraction of sp³-hybridized carbons (Fsp3) is 0.476. The van der Waals surface area contributed by atoms with E-state index in [1.807, 2.05) is 102 Å². The van der Waals surface area contributed by atoms with E-state index < -0.39 is 0 Å². The molecule has 2 aliphatic heterocycles. The summed E-state index contributed by atoms with van der Waals surface area (Å²) in [6.07, 6.45) is 27.9. The number of ether oxygens (including phenoxy) is 3. The minimum Gasteiger partial charge on any atom is -0.502 e. The average Bonchev–Trinajstić information content (AvgIpc) is 3.15. The van der Waals surface area contributed by atoms with Crippen molar-refractivity contribution in [3.05, 3.63) is 122 Å². The minimum atomic E-state index is -0.0438. The Morgan fingerprint density at radius 3 is 2.14 bits per heavy atom. The number of methoxy groups -OCH3 is 2. The largest absolute Gasteiger partial charge is 0.502 e. The van der Waals surface area contributed by atoms with Gasteiger partial charge in [0.2, 0.25) is 5.91 Å². The van der Waals surface area contributed by atoms with Crippen LogP contribution in [-0.2, 0) is 19.0 Å². The highest BCUT2D eigenvalue weighted by atomic mass is 16.5. The highest BCUT2D eigenvalue weighted by Gasteiger charge is 2.29. The van der Waals surface area contributed by atoms with Crippen LogP contribution in [0.15, 0.2) is 127 Å². The molecule has 2 heterocycles. The van der Waals surface area contributed by atoms with Crippen molar-refractivity contribution in [1.82, 2.24) is 15.2 Å². The molecule has 2 rings (SSSR count). The average molecular weight is 695 g/mol. The predicted molar refractivity (Wildman–Crippen MR) is 217 cm³/mol. The van der Waals surface area contributed by atoms with Gasteiger partial charge in [-0.05, 0) is 70.0 Å². The van der Waals surface area contributed by atoms with E-state index in [9.17, 15) is 4.79 Å². The van der Waals surface area contributed by atoms with E-state index in [-0.39, 0.29) is 18.4 Å². The smallest absolute Gasteiger partial charge is 0.321 e. The van der Waals surface area contributed by atoms with Gasteiger partial charge < -0.3 is 19.5 Å². The quantitative estimate of drug-likeness (QED) is 0.104. The third kappa shape index (κ3) is 25.5. The number of amidine groups is 1. The van der Waals surface area contributed by atoms with E-state index in [4.69, 9.17) is 14.2 Å². The number of allylic oxidation sites excluding steroid dienone is 11. The van der Waals surface area contributed by atoms with Gasteiger partial charge in [0, 0.05) is 38.5 Å². The lowest BCUT2D eigenvalue weighted by atomic mass is 10.1. The van der Waals surface area contributed by atoms with Crippen molar-refractivity contribution in [2.24, 2.45) is 5.10 Å². The normalized spacial score (nSPS) is 16.8. The van der Waals surface area contributed by atoms with Gasteiger partial charge >= 0.3 is 6.02 Å². The van der Waals surface area contributed by atoms with E-state index in [0.29, 0.717) is 24.7 Å². The van der Waals surface area contributed by atoms with E-state index in [1.165, 1.54) is 6.42 Å². The molecule has 8 nitrogen and oxygen atoms in total. The van der Waals surface area contributed by atoms with E-state index >= 15 is 0 Å². The van der Waals surface area contributed by atoms with Crippen LogP contribution in [0, 0.1) is 0 Å². The molecule has 1 unspecified atom stereocenters. The second-order valence-electron chi connectivity index (χ2n) is 10.2. The molecular formula is C42H70N4O4. The Labute approximate surface area is 306 Å². The second-order valence-corrected chi connectivity index (χ2v) is 10.2. The Morgan fingerprint density at radius 2 is 1.68 bits per heavy atom. The van der Waals surface area contributed by atoms with Crippen LogP contribution in [0.25, 0.3) is 0 Å². The maximum absolute atomic E-state index is 12.8. The van der Waals surface area contributed by atoms with E-state index in [0.717, 1.165) is 49.4 Å². The molecule has 282 valence electrons. The Hall–Kier alpha value is -4.46. The molecule has 2 saturated heterocycles. The number of piperidine rings is 1. The molecule has 2 aliphatic rings. The summed E-state index contributed by atoms with van der Waals surface area (Å²) in [5.41, 5.74) is 0.951. The highest BCUT2D eigenvalue weighted by molar-refractivity contribution is 5.98. The SMILES string of the molecule is C=C(CC)OC.C=C/C=C\C.C=CC/C(=C\C=C\NC(C)\C=C/C(=C\C)/C=C1\CC(=O)N(CC=C)C(=NN2CCCCC2)O1)OC.CC.CC. The first kappa shape index (κ1) is 49.9. The number of rotatable bonds is 15. The zero-order valence-corrected chi connectivity index (χ0v) is 33.2. The monoisotopic (exact) mass is 695 g/mol. The molecule has 0 aromatic carbocycles. The fourth-order valence-electron chi connectivity index (χ4n) is 3.85. The summed E-state index contributed by atoms with van der Waals surface area (Å²) in [5.74, 6) is 2.23. The summed E-state index contributed by atoms with van der Waals surface area (Å²) < 4.78 is 16.1. The van der Waals surface area contributed by atoms with Crippen LogP contribution < -0.4 is 5.32 Å². The zero-order chi connectivity index (χ0) is 38.6. The van der Waals surface area contributed by atoms with Crippen LogP contribution in [-0.4, -0.2) is 61.7 Å². The first-order valence-electron chi connectivity index (χ1n) is 17.9. The number of hydrogen-bond donors (Lipinski definition) is 1. The van der Waals surface area contributed by atoms with E-state index in [2.05, 4.69) is 49.7 Å². The van der Waals surface area contributed by atoms with Gasteiger partial charge in [-0.15, -0.1) is 18.3 Å². The van der Waals surface area contributed by atoms with Gasteiger partial charge in [-0.3, -0.25) is 14.7 Å². The van der Waals surface area contributed by atoms with Crippen LogP contribution in [0.2, 0.25) is 0 Å². The summed E-state index contributed by atoms with van der Waals surface area (Å²) in [7, 11) is 3.28. The summed E-state index contributed by atoms with van der Waals surface area (Å²) in [5, 5.41) is 9.94. The van der Waals surface area contributed by atoms with Gasteiger partial charge in [-0.25, -0.2) is 0 Å².